The molecule has 0 spiro atoms. The van der Waals surface area contributed by atoms with Crippen molar-refractivity contribution in [3.05, 3.63) is 59.9 Å². The number of nitrogens with one attached hydrogen (secondary N) is 2. The Morgan fingerprint density at radius 1 is 1.07 bits per heavy atom. The van der Waals surface area contributed by atoms with E-state index < -0.39 is 40.4 Å². The number of anilines is 1. The molecule has 0 fully saturated rings. The number of ether oxygens (including phenoxy) is 1. The van der Waals surface area contributed by atoms with E-state index in [1.54, 1.807) is 12.1 Å². The van der Waals surface area contributed by atoms with Crippen molar-refractivity contribution in [3.8, 4) is 0 Å². The molecule has 0 radical (unpaired) electrons. The molecule has 0 bridgehead atoms. The van der Waals surface area contributed by atoms with E-state index in [9.17, 15) is 22.4 Å². The van der Waals surface area contributed by atoms with Gasteiger partial charge in [-0.3, -0.25) is 9.59 Å². The summed E-state index contributed by atoms with van der Waals surface area (Å²) in [7, 11) is -3.87. The van der Waals surface area contributed by atoms with Crippen molar-refractivity contribution in [2.24, 2.45) is 0 Å². The number of esters is 1. The normalized spacial score (nSPS) is 12.3. The summed E-state index contributed by atoms with van der Waals surface area (Å²) in [5.41, 5.74) is 1.23. The number of benzene rings is 2. The first-order chi connectivity index (χ1) is 12.7. The lowest BCUT2D eigenvalue weighted by atomic mass is 10.2. The number of hydrogen-bond acceptors (Lipinski definition) is 5. The molecule has 2 aromatic rings. The fraction of sp³-hybridized carbons (Fsp3) is 0.222. The van der Waals surface area contributed by atoms with Crippen LogP contribution in [0.1, 0.15) is 12.5 Å². The third-order valence-corrected chi connectivity index (χ3v) is 4.94. The van der Waals surface area contributed by atoms with Gasteiger partial charge < -0.3 is 10.1 Å². The maximum absolute atomic E-state index is 12.8. The molecule has 0 unspecified atom stereocenters. The van der Waals surface area contributed by atoms with Crippen molar-refractivity contribution in [3.63, 3.8) is 0 Å². The Bertz CT molecular complexity index is 912. The minimum absolute atomic E-state index is 0.0167. The highest BCUT2D eigenvalue weighted by molar-refractivity contribution is 7.89. The Labute approximate surface area is 156 Å². The SMILES string of the molecule is Cc1ccc(S(=O)(=O)NCC(=O)O[C@H](C)C(=O)Nc2ccc(F)cc2)cc1. The van der Waals surface area contributed by atoms with Gasteiger partial charge in [0.2, 0.25) is 10.0 Å². The van der Waals surface area contributed by atoms with E-state index in [0.717, 1.165) is 5.56 Å². The Morgan fingerprint density at radius 2 is 1.67 bits per heavy atom. The number of sulfonamides is 1. The molecule has 0 aliphatic heterocycles. The van der Waals surface area contributed by atoms with Crippen LogP contribution in [0, 0.1) is 12.7 Å². The summed E-state index contributed by atoms with van der Waals surface area (Å²) < 4.78 is 44.1. The largest absolute Gasteiger partial charge is 0.452 e. The molecule has 0 aliphatic carbocycles. The Balaban J connectivity index is 1.86. The zero-order valence-corrected chi connectivity index (χ0v) is 15.5. The van der Waals surface area contributed by atoms with Gasteiger partial charge in [0.05, 0.1) is 4.90 Å². The Kier molecular flexibility index (Phi) is 6.65. The first-order valence-electron chi connectivity index (χ1n) is 7.99. The lowest BCUT2D eigenvalue weighted by Gasteiger charge is -2.14. The standard InChI is InChI=1S/C18H19FN2O5S/c1-12-3-9-16(10-4-12)27(24,25)20-11-17(22)26-13(2)18(23)21-15-7-5-14(19)6-8-15/h3-10,13,20H,11H2,1-2H3,(H,21,23)/t13-/m1/s1. The van der Waals surface area contributed by atoms with Crippen molar-refractivity contribution in [2.45, 2.75) is 24.8 Å². The molecule has 0 saturated carbocycles. The summed E-state index contributed by atoms with van der Waals surface area (Å²) in [5, 5.41) is 2.46. The zero-order chi connectivity index (χ0) is 20.0. The number of halogens is 1. The summed E-state index contributed by atoms with van der Waals surface area (Å²) in [6.45, 7) is 2.54. The molecule has 2 rings (SSSR count). The number of carbonyl (C=O) groups excluding carboxylic acids is 2. The molecule has 27 heavy (non-hydrogen) atoms. The van der Waals surface area contributed by atoms with Crippen molar-refractivity contribution < 1.29 is 27.1 Å². The van der Waals surface area contributed by atoms with Gasteiger partial charge in [-0.2, -0.15) is 4.72 Å². The van der Waals surface area contributed by atoms with E-state index in [1.165, 1.54) is 43.3 Å². The Hall–Kier alpha value is -2.78. The lowest BCUT2D eigenvalue weighted by Crippen LogP contribution is -2.35. The topological polar surface area (TPSA) is 102 Å². The van der Waals surface area contributed by atoms with E-state index in [0.29, 0.717) is 5.69 Å². The fourth-order valence-electron chi connectivity index (χ4n) is 2.02. The molecule has 1 atom stereocenters. The molecule has 0 saturated heterocycles. The minimum Gasteiger partial charge on any atom is -0.452 e. The van der Waals surface area contributed by atoms with Gasteiger partial charge in [0.15, 0.2) is 6.10 Å². The maximum Gasteiger partial charge on any atom is 0.321 e. The summed E-state index contributed by atoms with van der Waals surface area (Å²) in [6.07, 6.45) is -1.16. The molecule has 2 aromatic carbocycles. The highest BCUT2D eigenvalue weighted by Gasteiger charge is 2.20. The summed E-state index contributed by atoms with van der Waals surface area (Å²) in [4.78, 5) is 23.8. The van der Waals surface area contributed by atoms with Crippen LogP contribution in [0.3, 0.4) is 0 Å². The Morgan fingerprint density at radius 3 is 2.26 bits per heavy atom. The fourth-order valence-corrected chi connectivity index (χ4v) is 2.99. The zero-order valence-electron chi connectivity index (χ0n) is 14.7. The number of aryl methyl sites for hydroxylation is 1. The van der Waals surface area contributed by atoms with Gasteiger partial charge >= 0.3 is 5.97 Å². The molecular formula is C18H19FN2O5S. The number of carbonyl (C=O) groups is 2. The number of amides is 1. The summed E-state index contributed by atoms with van der Waals surface area (Å²) in [5.74, 6) is -1.99. The molecule has 1 amide bonds. The molecular weight excluding hydrogens is 375 g/mol. The van der Waals surface area contributed by atoms with Crippen LogP contribution in [0.4, 0.5) is 10.1 Å². The van der Waals surface area contributed by atoms with Crippen LogP contribution < -0.4 is 10.0 Å². The maximum atomic E-state index is 12.8. The number of hydrogen-bond donors (Lipinski definition) is 2. The smallest absolute Gasteiger partial charge is 0.321 e. The number of rotatable bonds is 7. The second-order valence-electron chi connectivity index (χ2n) is 5.77. The lowest BCUT2D eigenvalue weighted by molar-refractivity contribution is -0.151. The monoisotopic (exact) mass is 394 g/mol. The average molecular weight is 394 g/mol. The highest BCUT2D eigenvalue weighted by Crippen LogP contribution is 2.11. The molecule has 0 aliphatic rings. The van der Waals surface area contributed by atoms with Gasteiger partial charge in [0.1, 0.15) is 12.4 Å². The first-order valence-corrected chi connectivity index (χ1v) is 9.48. The van der Waals surface area contributed by atoms with Crippen LogP contribution in [0.2, 0.25) is 0 Å². The van der Waals surface area contributed by atoms with E-state index >= 15 is 0 Å². The average Bonchev–Trinajstić information content (AvgIpc) is 2.62. The van der Waals surface area contributed by atoms with Gasteiger partial charge in [0, 0.05) is 5.69 Å². The predicted molar refractivity (Wildman–Crippen MR) is 97.0 cm³/mol. The van der Waals surface area contributed by atoms with Gasteiger partial charge in [-0.1, -0.05) is 17.7 Å². The van der Waals surface area contributed by atoms with Gasteiger partial charge in [-0.25, -0.2) is 12.8 Å². The van der Waals surface area contributed by atoms with Crippen LogP contribution >= 0.6 is 0 Å². The van der Waals surface area contributed by atoms with Crippen molar-refractivity contribution in [1.29, 1.82) is 0 Å². The molecule has 2 N–H and O–H groups in total. The molecule has 9 heteroatoms. The molecule has 144 valence electrons. The molecule has 0 aromatic heterocycles. The van der Waals surface area contributed by atoms with Crippen molar-refractivity contribution in [1.82, 2.24) is 4.72 Å². The van der Waals surface area contributed by atoms with E-state index in [4.69, 9.17) is 4.74 Å². The molecule has 7 nitrogen and oxygen atoms in total. The first kappa shape index (κ1) is 20.5. The third-order valence-electron chi connectivity index (χ3n) is 3.53. The molecule has 0 heterocycles. The van der Waals surface area contributed by atoms with E-state index in [2.05, 4.69) is 10.0 Å². The third kappa shape index (κ3) is 6.15. The van der Waals surface area contributed by atoms with E-state index in [-0.39, 0.29) is 4.90 Å². The van der Waals surface area contributed by atoms with Gasteiger partial charge in [-0.05, 0) is 50.2 Å². The summed E-state index contributed by atoms with van der Waals surface area (Å²) in [6, 6.07) is 11.2. The van der Waals surface area contributed by atoms with Crippen LogP contribution in [-0.2, 0) is 24.3 Å². The second-order valence-corrected chi connectivity index (χ2v) is 7.53. The van der Waals surface area contributed by atoms with E-state index in [1.807, 2.05) is 6.92 Å². The van der Waals surface area contributed by atoms with Gasteiger partial charge in [0.25, 0.3) is 5.91 Å². The van der Waals surface area contributed by atoms with Crippen LogP contribution in [-0.4, -0.2) is 32.9 Å². The minimum atomic E-state index is -3.87. The van der Waals surface area contributed by atoms with Crippen LogP contribution in [0.5, 0.6) is 0 Å². The van der Waals surface area contributed by atoms with Crippen LogP contribution in [0.15, 0.2) is 53.4 Å². The van der Waals surface area contributed by atoms with Crippen LogP contribution in [0.25, 0.3) is 0 Å². The quantitative estimate of drug-likeness (QED) is 0.700. The second kappa shape index (κ2) is 8.74. The van der Waals surface area contributed by atoms with Crippen molar-refractivity contribution in [2.75, 3.05) is 11.9 Å². The highest BCUT2D eigenvalue weighted by atomic mass is 32.2. The summed E-state index contributed by atoms with van der Waals surface area (Å²) >= 11 is 0. The van der Waals surface area contributed by atoms with Crippen molar-refractivity contribution >= 4 is 27.6 Å². The van der Waals surface area contributed by atoms with Gasteiger partial charge in [-0.15, -0.1) is 0 Å². The predicted octanol–water partition coefficient (Wildman–Crippen LogP) is 1.98.